The zero-order chi connectivity index (χ0) is 19.7. The molecule has 4 unspecified atom stereocenters. The highest BCUT2D eigenvalue weighted by molar-refractivity contribution is 5.95. The number of hydrogen-bond donors (Lipinski definition) is 1. The molecule has 1 aliphatic heterocycles. The van der Waals surface area contributed by atoms with E-state index in [0.717, 1.165) is 38.5 Å². The number of aliphatic hydroxyl groups is 1. The first-order chi connectivity index (χ1) is 12.7. The van der Waals surface area contributed by atoms with E-state index in [-0.39, 0.29) is 18.3 Å². The fraction of sp³-hybridized carbons (Fsp3) is 0.850. The molecule has 3 rings (SSSR count). The third kappa shape index (κ3) is 4.67. The second-order valence-electron chi connectivity index (χ2n) is 8.34. The number of allylic oxidation sites excluding steroid dienone is 2. The Kier molecular flexibility index (Phi) is 6.21. The van der Waals surface area contributed by atoms with Crippen LogP contribution in [-0.4, -0.2) is 36.1 Å². The van der Waals surface area contributed by atoms with Crippen molar-refractivity contribution in [3.05, 3.63) is 11.8 Å². The van der Waals surface area contributed by atoms with Crippen molar-refractivity contribution in [1.82, 2.24) is 0 Å². The maximum absolute atomic E-state index is 12.7. The summed E-state index contributed by atoms with van der Waals surface area (Å²) in [5.41, 5.74) is -0.845. The van der Waals surface area contributed by atoms with E-state index in [2.05, 4.69) is 0 Å². The predicted octanol–water partition coefficient (Wildman–Crippen LogP) is 5.08. The monoisotopic (exact) mass is 390 g/mol. The first-order valence-corrected chi connectivity index (χ1v) is 10.0. The number of fused-ring (bicyclic) bond motifs is 2. The fourth-order valence-electron chi connectivity index (χ4n) is 5.09. The molecule has 3 fully saturated rings. The summed E-state index contributed by atoms with van der Waals surface area (Å²) in [6, 6.07) is 0. The molecule has 0 aromatic heterocycles. The second-order valence-corrected chi connectivity index (χ2v) is 8.34. The van der Waals surface area contributed by atoms with Gasteiger partial charge in [0.2, 0.25) is 5.76 Å². The molecular weight excluding hydrogens is 361 g/mol. The number of carbonyl (C=O) groups is 1. The highest BCUT2D eigenvalue weighted by Gasteiger charge is 2.49. The molecule has 2 aliphatic carbocycles. The van der Waals surface area contributed by atoms with Gasteiger partial charge in [0.1, 0.15) is 0 Å². The lowest BCUT2D eigenvalue weighted by molar-refractivity contribution is -0.213. The molecule has 0 amide bonds. The van der Waals surface area contributed by atoms with Crippen molar-refractivity contribution in [2.75, 3.05) is 6.61 Å². The van der Waals surface area contributed by atoms with Gasteiger partial charge in [-0.2, -0.15) is 13.2 Å². The number of aliphatic hydroxyl groups excluding tert-OH is 1. The first kappa shape index (κ1) is 20.6. The lowest BCUT2D eigenvalue weighted by Crippen LogP contribution is -2.47. The fourth-order valence-corrected chi connectivity index (χ4v) is 5.09. The summed E-state index contributed by atoms with van der Waals surface area (Å²) in [6.07, 6.45) is 2.61. The quantitative estimate of drug-likeness (QED) is 0.525. The van der Waals surface area contributed by atoms with Crippen LogP contribution in [0.1, 0.15) is 64.7 Å². The third-order valence-electron chi connectivity index (χ3n) is 6.58. The normalized spacial score (nSPS) is 37.9. The highest BCUT2D eigenvalue weighted by atomic mass is 19.4. The standard InChI is InChI=1S/C20H29F3O4/c1-2-19(16(24)10-17(25)20(21,22)23)11-13-6-7-15(14(9-13)12-19)27-18-5-3-4-8-26-18/h10,13-15,18,25H,2-9,11-12H2,1H3/b17-10-/t13?,14-,15?,18?,19?/m1/s1. The van der Waals surface area contributed by atoms with Crippen molar-refractivity contribution in [3.8, 4) is 0 Å². The van der Waals surface area contributed by atoms with Crippen molar-refractivity contribution in [3.63, 3.8) is 0 Å². The van der Waals surface area contributed by atoms with Gasteiger partial charge < -0.3 is 14.6 Å². The Balaban J connectivity index is 1.73. The lowest BCUT2D eigenvalue weighted by atomic mass is 9.57. The summed E-state index contributed by atoms with van der Waals surface area (Å²) in [5, 5.41) is 9.24. The summed E-state index contributed by atoms with van der Waals surface area (Å²) in [6.45, 7) is 2.54. The molecule has 154 valence electrons. The Morgan fingerprint density at radius 2 is 2.04 bits per heavy atom. The van der Waals surface area contributed by atoms with Crippen LogP contribution in [0.4, 0.5) is 13.2 Å². The van der Waals surface area contributed by atoms with E-state index in [1.807, 2.05) is 6.92 Å². The van der Waals surface area contributed by atoms with Crippen LogP contribution in [-0.2, 0) is 14.3 Å². The maximum Gasteiger partial charge on any atom is 0.448 e. The zero-order valence-corrected chi connectivity index (χ0v) is 15.8. The molecule has 1 saturated heterocycles. The Labute approximate surface area is 158 Å². The van der Waals surface area contributed by atoms with E-state index < -0.39 is 23.1 Å². The SMILES string of the molecule is CCC1(C(=O)/C=C(\O)C(F)(F)F)CC2CCC(OC3CCCCO3)[C@H](C2)C1. The van der Waals surface area contributed by atoms with Crippen LogP contribution >= 0.6 is 0 Å². The van der Waals surface area contributed by atoms with Crippen molar-refractivity contribution >= 4 is 5.78 Å². The van der Waals surface area contributed by atoms with E-state index in [1.54, 1.807) is 0 Å². The minimum atomic E-state index is -4.89. The average Bonchev–Trinajstić information content (AvgIpc) is 2.63. The Bertz CT molecular complexity index is 568. The van der Waals surface area contributed by atoms with Gasteiger partial charge in [-0.05, 0) is 69.6 Å². The molecule has 27 heavy (non-hydrogen) atoms. The molecule has 2 bridgehead atoms. The minimum absolute atomic E-state index is 0.0106. The van der Waals surface area contributed by atoms with E-state index in [9.17, 15) is 23.1 Å². The number of alkyl halides is 3. The van der Waals surface area contributed by atoms with Crippen molar-refractivity contribution in [2.24, 2.45) is 17.3 Å². The molecule has 4 nitrogen and oxygen atoms in total. The third-order valence-corrected chi connectivity index (χ3v) is 6.58. The summed E-state index contributed by atoms with van der Waals surface area (Å²) in [4.78, 5) is 12.7. The van der Waals surface area contributed by atoms with Crippen LogP contribution in [0.2, 0.25) is 0 Å². The van der Waals surface area contributed by atoms with Crippen LogP contribution in [0.5, 0.6) is 0 Å². The molecular formula is C20H29F3O4. The van der Waals surface area contributed by atoms with Crippen LogP contribution in [0.15, 0.2) is 11.8 Å². The predicted molar refractivity (Wildman–Crippen MR) is 93.0 cm³/mol. The molecule has 0 spiro atoms. The smallest absolute Gasteiger partial charge is 0.448 e. The summed E-state index contributed by atoms with van der Waals surface area (Å²) < 4.78 is 49.8. The number of ketones is 1. The van der Waals surface area contributed by atoms with Crippen LogP contribution in [0, 0.1) is 17.3 Å². The van der Waals surface area contributed by atoms with Gasteiger partial charge in [-0.3, -0.25) is 4.79 Å². The van der Waals surface area contributed by atoms with Gasteiger partial charge in [0.15, 0.2) is 12.1 Å². The van der Waals surface area contributed by atoms with Gasteiger partial charge in [0.25, 0.3) is 0 Å². The first-order valence-electron chi connectivity index (χ1n) is 10.0. The van der Waals surface area contributed by atoms with Crippen LogP contribution in [0.3, 0.4) is 0 Å². The maximum atomic E-state index is 12.7. The van der Waals surface area contributed by atoms with Crippen molar-refractivity contribution in [1.29, 1.82) is 0 Å². The second kappa shape index (κ2) is 8.11. The molecule has 1 heterocycles. The molecule has 1 N–H and O–H groups in total. The van der Waals surface area contributed by atoms with Gasteiger partial charge in [-0.25, -0.2) is 0 Å². The Hall–Kier alpha value is -1.08. The molecule has 2 saturated carbocycles. The summed E-state index contributed by atoms with van der Waals surface area (Å²) >= 11 is 0. The average molecular weight is 390 g/mol. The van der Waals surface area contributed by atoms with Gasteiger partial charge in [0, 0.05) is 18.1 Å². The van der Waals surface area contributed by atoms with E-state index in [1.165, 1.54) is 0 Å². The van der Waals surface area contributed by atoms with E-state index in [0.29, 0.717) is 37.9 Å². The van der Waals surface area contributed by atoms with Gasteiger partial charge >= 0.3 is 6.18 Å². The number of halogens is 3. The molecule has 0 radical (unpaired) electrons. The van der Waals surface area contributed by atoms with Crippen molar-refractivity contribution in [2.45, 2.75) is 83.3 Å². The zero-order valence-electron chi connectivity index (χ0n) is 15.8. The Morgan fingerprint density at radius 3 is 2.67 bits per heavy atom. The molecule has 5 atom stereocenters. The topological polar surface area (TPSA) is 55.8 Å². The van der Waals surface area contributed by atoms with Gasteiger partial charge in [-0.15, -0.1) is 0 Å². The Morgan fingerprint density at radius 1 is 1.26 bits per heavy atom. The number of hydrogen-bond acceptors (Lipinski definition) is 4. The largest absolute Gasteiger partial charge is 0.504 e. The summed E-state index contributed by atoms with van der Waals surface area (Å²) in [5.74, 6) is -1.95. The van der Waals surface area contributed by atoms with Gasteiger partial charge in [0.05, 0.1) is 6.10 Å². The number of carbonyl (C=O) groups excluding carboxylic acids is 1. The van der Waals surface area contributed by atoms with Gasteiger partial charge in [-0.1, -0.05) is 6.92 Å². The minimum Gasteiger partial charge on any atom is -0.504 e. The van der Waals surface area contributed by atoms with E-state index in [4.69, 9.17) is 9.47 Å². The number of ether oxygens (including phenoxy) is 2. The molecule has 7 heteroatoms. The van der Waals surface area contributed by atoms with E-state index >= 15 is 0 Å². The molecule has 3 aliphatic rings. The molecule has 0 aromatic rings. The lowest BCUT2D eigenvalue weighted by Gasteiger charge is -2.49. The van der Waals surface area contributed by atoms with Crippen molar-refractivity contribution < 1.29 is 32.5 Å². The van der Waals surface area contributed by atoms with Crippen LogP contribution in [0.25, 0.3) is 0 Å². The summed E-state index contributed by atoms with van der Waals surface area (Å²) in [7, 11) is 0. The molecule has 0 aromatic carbocycles. The number of rotatable bonds is 5. The highest BCUT2D eigenvalue weighted by Crippen LogP contribution is 2.52. The van der Waals surface area contributed by atoms with Crippen LogP contribution < -0.4 is 0 Å².